The largest absolute Gasteiger partial charge is 0.469 e. The van der Waals surface area contributed by atoms with Crippen molar-refractivity contribution < 1.29 is 18.7 Å². The van der Waals surface area contributed by atoms with Crippen LogP contribution in [0.1, 0.15) is 5.76 Å². The summed E-state index contributed by atoms with van der Waals surface area (Å²) in [6.07, 6.45) is 1.93. The van der Waals surface area contributed by atoms with Gasteiger partial charge in [0.15, 0.2) is 0 Å². The Labute approximate surface area is 74.7 Å². The maximum atomic E-state index is 10.8. The fourth-order valence-electron chi connectivity index (χ4n) is 0.873. The van der Waals surface area contributed by atoms with Crippen molar-refractivity contribution in [1.29, 1.82) is 0 Å². The minimum atomic E-state index is -0.413. The van der Waals surface area contributed by atoms with Crippen LogP contribution in [0, 0.1) is 0 Å². The van der Waals surface area contributed by atoms with E-state index in [0.717, 1.165) is 0 Å². The van der Waals surface area contributed by atoms with Gasteiger partial charge in [0, 0.05) is 6.07 Å². The molecule has 0 spiro atoms. The van der Waals surface area contributed by atoms with E-state index < -0.39 is 5.97 Å². The Bertz CT molecular complexity index is 305. The molecule has 0 saturated heterocycles. The lowest BCUT2D eigenvalue weighted by Gasteiger charge is -1.98. The summed E-state index contributed by atoms with van der Waals surface area (Å²) < 4.78 is 9.41. The fraction of sp³-hybridized carbons (Fsp3) is 0.250. The SMILES string of the molecule is COC(=O)Cc1occc1NC=O. The minimum absolute atomic E-state index is 0.0136. The predicted octanol–water partition coefficient (Wildman–Crippen LogP) is 0.563. The molecule has 1 amide bonds. The number of furan rings is 1. The zero-order chi connectivity index (χ0) is 9.68. The molecule has 0 aliphatic rings. The van der Waals surface area contributed by atoms with E-state index in [-0.39, 0.29) is 6.42 Å². The van der Waals surface area contributed by atoms with Crippen molar-refractivity contribution in [2.45, 2.75) is 6.42 Å². The molecular weight excluding hydrogens is 174 g/mol. The second-order valence-electron chi connectivity index (χ2n) is 2.27. The van der Waals surface area contributed by atoms with E-state index in [1.807, 2.05) is 0 Å². The average Bonchev–Trinajstić information content (AvgIpc) is 2.54. The highest BCUT2D eigenvalue weighted by Gasteiger charge is 2.10. The lowest BCUT2D eigenvalue weighted by molar-refractivity contribution is -0.140. The van der Waals surface area contributed by atoms with Crippen LogP contribution in [0.3, 0.4) is 0 Å². The lowest BCUT2D eigenvalue weighted by Crippen LogP contribution is -2.05. The van der Waals surface area contributed by atoms with Gasteiger partial charge in [-0.1, -0.05) is 0 Å². The van der Waals surface area contributed by atoms with Crippen molar-refractivity contribution in [3.8, 4) is 0 Å². The van der Waals surface area contributed by atoms with E-state index in [0.29, 0.717) is 17.9 Å². The standard InChI is InChI=1S/C8H9NO4/c1-12-8(11)4-7-6(9-5-10)2-3-13-7/h2-3,5H,4H2,1H3,(H,9,10). The Kier molecular flexibility index (Phi) is 3.08. The number of methoxy groups -OCH3 is 1. The van der Waals surface area contributed by atoms with Gasteiger partial charge in [0.1, 0.15) is 12.2 Å². The van der Waals surface area contributed by atoms with Gasteiger partial charge in [0.2, 0.25) is 6.41 Å². The molecule has 1 aromatic rings. The minimum Gasteiger partial charge on any atom is -0.469 e. The third kappa shape index (κ3) is 2.33. The highest BCUT2D eigenvalue weighted by molar-refractivity contribution is 5.77. The highest BCUT2D eigenvalue weighted by atomic mass is 16.5. The molecule has 0 bridgehead atoms. The molecule has 0 saturated carbocycles. The van der Waals surface area contributed by atoms with Crippen LogP contribution in [-0.4, -0.2) is 19.5 Å². The lowest BCUT2D eigenvalue weighted by atomic mass is 10.3. The van der Waals surface area contributed by atoms with Crippen LogP contribution in [0.25, 0.3) is 0 Å². The summed E-state index contributed by atoms with van der Waals surface area (Å²) in [6.45, 7) is 0. The van der Waals surface area contributed by atoms with Gasteiger partial charge in [-0.3, -0.25) is 9.59 Å². The summed E-state index contributed by atoms with van der Waals surface area (Å²) in [5, 5.41) is 2.40. The molecule has 1 heterocycles. The molecule has 0 atom stereocenters. The maximum Gasteiger partial charge on any atom is 0.313 e. The highest BCUT2D eigenvalue weighted by Crippen LogP contribution is 2.16. The van der Waals surface area contributed by atoms with Gasteiger partial charge in [0.25, 0.3) is 0 Å². The molecule has 0 unspecified atom stereocenters. The van der Waals surface area contributed by atoms with Crippen molar-refractivity contribution >= 4 is 18.1 Å². The van der Waals surface area contributed by atoms with Gasteiger partial charge < -0.3 is 14.5 Å². The van der Waals surface area contributed by atoms with E-state index in [1.165, 1.54) is 13.4 Å². The molecule has 5 heteroatoms. The van der Waals surface area contributed by atoms with E-state index in [1.54, 1.807) is 6.07 Å². The molecule has 0 aliphatic carbocycles. The zero-order valence-corrected chi connectivity index (χ0v) is 7.07. The Morgan fingerprint density at radius 1 is 1.77 bits per heavy atom. The smallest absolute Gasteiger partial charge is 0.313 e. The number of carbonyl (C=O) groups excluding carboxylic acids is 2. The van der Waals surface area contributed by atoms with Crippen LogP contribution in [0.2, 0.25) is 0 Å². The van der Waals surface area contributed by atoms with E-state index in [2.05, 4.69) is 10.1 Å². The Hall–Kier alpha value is -1.78. The Morgan fingerprint density at radius 3 is 3.15 bits per heavy atom. The van der Waals surface area contributed by atoms with Crippen molar-refractivity contribution in [3.63, 3.8) is 0 Å². The number of rotatable bonds is 4. The molecule has 70 valence electrons. The Morgan fingerprint density at radius 2 is 2.54 bits per heavy atom. The molecular formula is C8H9NO4. The number of carbonyl (C=O) groups is 2. The summed E-state index contributed by atoms with van der Waals surface area (Å²) in [6, 6.07) is 1.56. The van der Waals surface area contributed by atoms with E-state index in [9.17, 15) is 9.59 Å². The molecule has 13 heavy (non-hydrogen) atoms. The molecule has 5 nitrogen and oxygen atoms in total. The first-order chi connectivity index (χ1) is 6.27. The number of hydrogen-bond acceptors (Lipinski definition) is 4. The van der Waals surface area contributed by atoms with Crippen molar-refractivity contribution in [2.75, 3.05) is 12.4 Å². The maximum absolute atomic E-state index is 10.8. The summed E-state index contributed by atoms with van der Waals surface area (Å²) in [7, 11) is 1.29. The summed E-state index contributed by atoms with van der Waals surface area (Å²) in [4.78, 5) is 20.9. The van der Waals surface area contributed by atoms with Crippen LogP contribution in [0.4, 0.5) is 5.69 Å². The van der Waals surface area contributed by atoms with Gasteiger partial charge in [-0.2, -0.15) is 0 Å². The third-order valence-electron chi connectivity index (χ3n) is 1.49. The second kappa shape index (κ2) is 4.30. The molecule has 1 aromatic heterocycles. The summed E-state index contributed by atoms with van der Waals surface area (Å²) in [5.41, 5.74) is 0.486. The summed E-state index contributed by atoms with van der Waals surface area (Å²) in [5.74, 6) is -0.0251. The van der Waals surface area contributed by atoms with Crippen LogP contribution < -0.4 is 5.32 Å². The van der Waals surface area contributed by atoms with Crippen LogP contribution in [0.15, 0.2) is 16.7 Å². The quantitative estimate of drug-likeness (QED) is 0.547. The number of ether oxygens (including phenoxy) is 1. The van der Waals surface area contributed by atoms with Crippen LogP contribution in [-0.2, 0) is 20.7 Å². The first kappa shape index (κ1) is 9.31. The molecule has 0 aliphatic heterocycles. The van der Waals surface area contributed by atoms with Gasteiger partial charge in [-0.05, 0) is 0 Å². The van der Waals surface area contributed by atoms with E-state index >= 15 is 0 Å². The van der Waals surface area contributed by atoms with Gasteiger partial charge >= 0.3 is 5.97 Å². The molecule has 1 N–H and O–H groups in total. The number of anilines is 1. The molecule has 0 radical (unpaired) electrons. The van der Waals surface area contributed by atoms with E-state index in [4.69, 9.17) is 4.42 Å². The fourth-order valence-corrected chi connectivity index (χ4v) is 0.873. The molecule has 0 aromatic carbocycles. The molecule has 0 fully saturated rings. The van der Waals surface area contributed by atoms with Crippen molar-refractivity contribution in [2.24, 2.45) is 0 Å². The van der Waals surface area contributed by atoms with Gasteiger partial charge in [-0.25, -0.2) is 0 Å². The van der Waals surface area contributed by atoms with Crippen molar-refractivity contribution in [3.05, 3.63) is 18.1 Å². The first-order valence-electron chi connectivity index (χ1n) is 3.61. The average molecular weight is 183 g/mol. The Balaban J connectivity index is 2.69. The monoisotopic (exact) mass is 183 g/mol. The van der Waals surface area contributed by atoms with Gasteiger partial charge in [0.05, 0.1) is 19.1 Å². The van der Waals surface area contributed by atoms with Crippen LogP contribution >= 0.6 is 0 Å². The first-order valence-corrected chi connectivity index (χ1v) is 3.61. The zero-order valence-electron chi connectivity index (χ0n) is 7.07. The topological polar surface area (TPSA) is 68.5 Å². The van der Waals surface area contributed by atoms with Crippen molar-refractivity contribution in [1.82, 2.24) is 0 Å². The predicted molar refractivity (Wildman–Crippen MR) is 44.1 cm³/mol. The number of esters is 1. The third-order valence-corrected chi connectivity index (χ3v) is 1.49. The molecule has 1 rings (SSSR count). The number of hydrogen-bond donors (Lipinski definition) is 1. The normalized spacial score (nSPS) is 9.31. The number of amides is 1. The number of nitrogens with one attached hydrogen (secondary N) is 1. The van der Waals surface area contributed by atoms with Crippen LogP contribution in [0.5, 0.6) is 0 Å². The summed E-state index contributed by atoms with van der Waals surface area (Å²) >= 11 is 0. The van der Waals surface area contributed by atoms with Gasteiger partial charge in [-0.15, -0.1) is 0 Å². The second-order valence-corrected chi connectivity index (χ2v) is 2.27.